The fraction of sp³-hybridized carbons (Fsp3) is 0.500. The van der Waals surface area contributed by atoms with Gasteiger partial charge < -0.3 is 39.0 Å². The van der Waals surface area contributed by atoms with Crippen molar-refractivity contribution in [2.45, 2.75) is 84.0 Å². The summed E-state index contributed by atoms with van der Waals surface area (Å²) < 4.78 is 23.0. The zero-order valence-corrected chi connectivity index (χ0v) is 31.9. The molecule has 15 heteroatoms. The number of nitrogens with one attached hydrogen (secondary N) is 1. The van der Waals surface area contributed by atoms with Crippen molar-refractivity contribution in [1.29, 1.82) is 0 Å². The van der Waals surface area contributed by atoms with Crippen LogP contribution in [0.25, 0.3) is 22.1 Å². The van der Waals surface area contributed by atoms with Crippen molar-refractivity contribution in [3.05, 3.63) is 60.9 Å². The average molecular weight is 731 g/mol. The van der Waals surface area contributed by atoms with Gasteiger partial charge in [0.1, 0.15) is 23.4 Å². The van der Waals surface area contributed by atoms with E-state index in [0.717, 1.165) is 22.1 Å². The number of carbonyl (C=O) groups is 3. The van der Waals surface area contributed by atoms with Crippen LogP contribution < -0.4 is 14.8 Å². The van der Waals surface area contributed by atoms with Gasteiger partial charge in [0, 0.05) is 27.1 Å². The third-order valence-corrected chi connectivity index (χ3v) is 8.57. The molecule has 2 aliphatic rings. The van der Waals surface area contributed by atoms with Crippen LogP contribution in [0.1, 0.15) is 48.5 Å². The van der Waals surface area contributed by atoms with E-state index in [-0.39, 0.29) is 30.2 Å². The van der Waals surface area contributed by atoms with Gasteiger partial charge in [-0.25, -0.2) is 29.5 Å². The number of para-hydroxylation sites is 4. The quantitative estimate of drug-likeness (QED) is 0.292. The number of ether oxygens (including phenoxy) is 4. The number of amides is 3. The van der Waals surface area contributed by atoms with Gasteiger partial charge in [-0.05, 0) is 72.9 Å². The molecule has 4 heterocycles. The zero-order valence-electron chi connectivity index (χ0n) is 31.9. The Morgan fingerprint density at radius 3 is 1.58 bits per heavy atom. The third-order valence-electron chi connectivity index (χ3n) is 8.57. The summed E-state index contributed by atoms with van der Waals surface area (Å²) >= 11 is 0. The van der Waals surface area contributed by atoms with Crippen molar-refractivity contribution >= 4 is 40.2 Å². The van der Waals surface area contributed by atoms with Crippen molar-refractivity contribution < 1.29 is 33.3 Å². The molecule has 0 aliphatic carbocycles. The molecular weight excluding hydrogens is 680 g/mol. The minimum Gasteiger partial charge on any atom is -0.470 e. The first-order valence-electron chi connectivity index (χ1n) is 17.6. The highest BCUT2D eigenvalue weighted by atomic mass is 16.6. The second-order valence-corrected chi connectivity index (χ2v) is 15.1. The molecule has 2 aromatic heterocycles. The lowest BCUT2D eigenvalue weighted by molar-refractivity contribution is -0.130. The molecular formula is C38H50N8O7. The first-order valence-corrected chi connectivity index (χ1v) is 17.6. The molecule has 4 aromatic rings. The Morgan fingerprint density at radius 2 is 1.13 bits per heavy atom. The van der Waals surface area contributed by atoms with Crippen LogP contribution in [0.2, 0.25) is 0 Å². The summed E-state index contributed by atoms with van der Waals surface area (Å²) in [6.07, 6.45) is 1.77. The normalized spacial score (nSPS) is 20.1. The fourth-order valence-corrected chi connectivity index (χ4v) is 5.90. The molecule has 0 bridgehead atoms. The number of likely N-dealkylation sites (tertiary alicyclic amines) is 2. The molecule has 15 nitrogen and oxygen atoms in total. The Bertz CT molecular complexity index is 1910. The zero-order chi connectivity index (χ0) is 38.5. The van der Waals surface area contributed by atoms with Crippen molar-refractivity contribution in [3.8, 4) is 11.8 Å². The lowest BCUT2D eigenvalue weighted by atomic mass is 10.2. The minimum atomic E-state index is -0.595. The molecule has 4 unspecified atom stereocenters. The van der Waals surface area contributed by atoms with Gasteiger partial charge in [0.05, 0.1) is 59.6 Å². The van der Waals surface area contributed by atoms with E-state index in [1.807, 2.05) is 97.1 Å². The summed E-state index contributed by atoms with van der Waals surface area (Å²) in [6, 6.07) is 14.8. The number of benzene rings is 2. The maximum absolute atomic E-state index is 12.5. The van der Waals surface area contributed by atoms with Gasteiger partial charge >= 0.3 is 12.2 Å². The van der Waals surface area contributed by atoms with Gasteiger partial charge in [-0.3, -0.25) is 4.79 Å². The molecule has 6 rings (SSSR count). The predicted octanol–water partition coefficient (Wildman–Crippen LogP) is 4.69. The fourth-order valence-electron chi connectivity index (χ4n) is 5.90. The van der Waals surface area contributed by atoms with Crippen LogP contribution >= 0.6 is 0 Å². The minimum absolute atomic E-state index is 0.000730. The van der Waals surface area contributed by atoms with E-state index in [9.17, 15) is 14.4 Å². The number of likely N-dealkylation sites (N-methyl/N-ethyl adjacent to an activating group) is 2. The Hall–Kier alpha value is -5.31. The van der Waals surface area contributed by atoms with Crippen molar-refractivity contribution in [2.24, 2.45) is 0 Å². The summed E-state index contributed by atoms with van der Waals surface area (Å²) in [5.41, 5.74) is 1.98. The molecule has 53 heavy (non-hydrogen) atoms. The number of carbonyl (C=O) groups excluding carboxylic acids is 3. The number of rotatable bonds is 6. The molecule has 0 saturated carbocycles. The molecule has 2 aliphatic heterocycles. The Morgan fingerprint density at radius 1 is 0.698 bits per heavy atom. The molecule has 284 valence electrons. The molecule has 1 N–H and O–H groups in total. The average Bonchev–Trinajstić information content (AvgIpc) is 3.71. The number of hydrogen-bond acceptors (Lipinski definition) is 12. The summed E-state index contributed by atoms with van der Waals surface area (Å²) in [5.74, 6) is 0.709. The Kier molecular flexibility index (Phi) is 11.9. The predicted molar refractivity (Wildman–Crippen MR) is 199 cm³/mol. The summed E-state index contributed by atoms with van der Waals surface area (Å²) in [4.78, 5) is 59.2. The lowest BCUT2D eigenvalue weighted by Crippen LogP contribution is -2.45. The first kappa shape index (κ1) is 38.9. The van der Waals surface area contributed by atoms with Crippen LogP contribution in [-0.4, -0.2) is 128 Å². The maximum Gasteiger partial charge on any atom is 0.410 e. The molecule has 2 aromatic carbocycles. The smallest absolute Gasteiger partial charge is 0.410 e. The summed E-state index contributed by atoms with van der Waals surface area (Å²) in [7, 11) is 3.56. The number of nitrogens with zero attached hydrogens (tertiary/aromatic N) is 7. The highest BCUT2D eigenvalue weighted by Gasteiger charge is 2.42. The van der Waals surface area contributed by atoms with Crippen LogP contribution in [0.5, 0.6) is 11.8 Å². The van der Waals surface area contributed by atoms with E-state index < -0.39 is 23.4 Å². The van der Waals surface area contributed by atoms with Crippen LogP contribution in [0.4, 0.5) is 9.59 Å². The van der Waals surface area contributed by atoms with Gasteiger partial charge in [-0.2, -0.15) is 0 Å². The van der Waals surface area contributed by atoms with E-state index in [1.54, 1.807) is 34.1 Å². The van der Waals surface area contributed by atoms with Crippen molar-refractivity contribution in [2.75, 3.05) is 40.3 Å². The van der Waals surface area contributed by atoms with Gasteiger partial charge in [-0.15, -0.1) is 0 Å². The van der Waals surface area contributed by atoms with Crippen molar-refractivity contribution in [3.63, 3.8) is 0 Å². The standard InChI is InChI=1S/C20H26N4O4.C18H24N4O3/c1-13(25)23(5)16-11-24(19(26)28-20(2,3)4)12-17(16)27-18-10-21-14-8-6-7-9-15(14)22-18;1-18(2,3)25-17(23)22-10-14(19-4)15(11-22)24-16-9-20-12-7-5-6-8-13(12)21-16/h6-10,16-17H,11-12H2,1-5H3;5-9,14-15,19H,10-11H2,1-4H3. The lowest BCUT2D eigenvalue weighted by Gasteiger charge is -2.27. The molecule has 0 radical (unpaired) electrons. The van der Waals surface area contributed by atoms with Gasteiger partial charge in [-0.1, -0.05) is 24.3 Å². The Balaban J connectivity index is 0.000000206. The number of fused-ring (bicyclic) bond motifs is 2. The van der Waals surface area contributed by atoms with Crippen LogP contribution in [0, 0.1) is 0 Å². The number of hydrogen-bond donors (Lipinski definition) is 1. The summed E-state index contributed by atoms with van der Waals surface area (Å²) in [6.45, 7) is 14.1. The van der Waals surface area contributed by atoms with Crippen molar-refractivity contribution in [1.82, 2.24) is 40.0 Å². The van der Waals surface area contributed by atoms with E-state index in [1.165, 1.54) is 6.92 Å². The van der Waals surface area contributed by atoms with E-state index >= 15 is 0 Å². The largest absolute Gasteiger partial charge is 0.470 e. The van der Waals surface area contributed by atoms with Crippen LogP contribution in [0.15, 0.2) is 60.9 Å². The second-order valence-electron chi connectivity index (χ2n) is 15.1. The highest BCUT2D eigenvalue weighted by molar-refractivity contribution is 5.75. The van der Waals surface area contributed by atoms with E-state index in [4.69, 9.17) is 18.9 Å². The summed E-state index contributed by atoms with van der Waals surface area (Å²) in [5, 5.41) is 3.20. The third kappa shape index (κ3) is 10.4. The van der Waals surface area contributed by atoms with E-state index in [2.05, 4.69) is 25.3 Å². The van der Waals surface area contributed by atoms with Crippen LogP contribution in [0.3, 0.4) is 0 Å². The van der Waals surface area contributed by atoms with E-state index in [0.29, 0.717) is 37.9 Å². The monoisotopic (exact) mass is 730 g/mol. The molecule has 3 amide bonds. The van der Waals surface area contributed by atoms with Gasteiger partial charge in [0.2, 0.25) is 17.7 Å². The van der Waals surface area contributed by atoms with Gasteiger partial charge in [0.15, 0.2) is 0 Å². The molecule has 2 fully saturated rings. The molecule has 4 atom stereocenters. The maximum atomic E-state index is 12.5. The van der Waals surface area contributed by atoms with Gasteiger partial charge in [0.25, 0.3) is 0 Å². The number of aromatic nitrogens is 4. The first-order chi connectivity index (χ1) is 25.0. The topological polar surface area (TPSA) is 161 Å². The molecule has 2 saturated heterocycles. The second kappa shape index (κ2) is 16.1. The van der Waals surface area contributed by atoms with Crippen LogP contribution in [-0.2, 0) is 14.3 Å². The Labute approximate surface area is 310 Å². The highest BCUT2D eigenvalue weighted by Crippen LogP contribution is 2.24. The molecule has 0 spiro atoms. The SMILES string of the molecule is CC(=O)N(C)C1CN(C(=O)OC(C)(C)C)CC1Oc1cnc2ccccc2n1.CNC1CN(C(=O)OC(C)(C)C)CC1Oc1cnc2ccccc2n1.